The summed E-state index contributed by atoms with van der Waals surface area (Å²) in [6.07, 6.45) is 1.88. The predicted molar refractivity (Wildman–Crippen MR) is 104 cm³/mol. The number of carbonyl (C=O) groups excluding carboxylic acids is 1. The third kappa shape index (κ3) is 4.66. The number of rotatable bonds is 5. The summed E-state index contributed by atoms with van der Waals surface area (Å²) in [6, 6.07) is 9.94. The Kier molecular flexibility index (Phi) is 6.82. The smallest absolute Gasteiger partial charge is 0.248 e. The van der Waals surface area contributed by atoms with Crippen molar-refractivity contribution < 1.29 is 9.53 Å². The van der Waals surface area contributed by atoms with E-state index in [9.17, 15) is 4.79 Å². The molecule has 27 heavy (non-hydrogen) atoms. The fraction of sp³-hybridized carbons (Fsp3) is 0.526. The van der Waals surface area contributed by atoms with Crippen LogP contribution in [-0.4, -0.2) is 51.8 Å². The fourth-order valence-corrected chi connectivity index (χ4v) is 3.73. The van der Waals surface area contributed by atoms with Crippen LogP contribution in [0.1, 0.15) is 36.0 Å². The van der Waals surface area contributed by atoms with Crippen molar-refractivity contribution in [3.8, 4) is 0 Å². The van der Waals surface area contributed by atoms with Crippen LogP contribution in [0.3, 0.4) is 0 Å². The molecular weight excluding hydrogens is 366 g/mol. The highest BCUT2D eigenvalue weighted by molar-refractivity contribution is 5.85. The number of fused-ring (bicyclic) bond motifs is 1. The standard InChI is InChI=1S/C19H25N5O2.ClH/c25-18(14-26-13-15-4-2-1-3-5-15)23-9-6-16(7-10-23)19-22-21-17-12-20-8-11-24(17)19;/h1-5,16,20H,6-14H2;1H. The Morgan fingerprint density at radius 3 is 2.70 bits per heavy atom. The zero-order valence-corrected chi connectivity index (χ0v) is 16.2. The topological polar surface area (TPSA) is 72.3 Å². The van der Waals surface area contributed by atoms with Crippen LogP contribution in [0.4, 0.5) is 0 Å². The summed E-state index contributed by atoms with van der Waals surface area (Å²) < 4.78 is 7.84. The number of halogens is 1. The molecule has 3 heterocycles. The first kappa shape index (κ1) is 19.8. The molecule has 146 valence electrons. The Morgan fingerprint density at radius 1 is 1.15 bits per heavy atom. The SMILES string of the molecule is Cl.O=C(COCc1ccccc1)N1CCC(c2nnc3n2CCNC3)CC1. The lowest BCUT2D eigenvalue weighted by atomic mass is 9.95. The average molecular weight is 392 g/mol. The molecule has 0 unspecified atom stereocenters. The zero-order chi connectivity index (χ0) is 17.8. The number of hydrogen-bond donors (Lipinski definition) is 1. The molecule has 0 spiro atoms. The number of hydrogen-bond acceptors (Lipinski definition) is 5. The summed E-state index contributed by atoms with van der Waals surface area (Å²) in [4.78, 5) is 14.3. The van der Waals surface area contributed by atoms with Crippen molar-refractivity contribution in [3.05, 3.63) is 47.5 Å². The zero-order valence-electron chi connectivity index (χ0n) is 15.3. The van der Waals surface area contributed by atoms with E-state index in [0.29, 0.717) is 12.5 Å². The van der Waals surface area contributed by atoms with Crippen LogP contribution >= 0.6 is 12.4 Å². The van der Waals surface area contributed by atoms with Gasteiger partial charge in [0.1, 0.15) is 18.3 Å². The van der Waals surface area contributed by atoms with Crippen LogP contribution in [0.5, 0.6) is 0 Å². The maximum atomic E-state index is 12.4. The van der Waals surface area contributed by atoms with Gasteiger partial charge in [-0.25, -0.2) is 0 Å². The van der Waals surface area contributed by atoms with Crippen LogP contribution in [0.15, 0.2) is 30.3 Å². The van der Waals surface area contributed by atoms with Crippen molar-refractivity contribution in [2.24, 2.45) is 0 Å². The van der Waals surface area contributed by atoms with E-state index in [0.717, 1.165) is 62.8 Å². The van der Waals surface area contributed by atoms with Crippen LogP contribution in [0.25, 0.3) is 0 Å². The molecule has 0 aliphatic carbocycles. The summed E-state index contributed by atoms with van der Waals surface area (Å²) in [5.41, 5.74) is 1.09. The van der Waals surface area contributed by atoms with Gasteiger partial charge in [-0.3, -0.25) is 4.79 Å². The van der Waals surface area contributed by atoms with Gasteiger partial charge >= 0.3 is 0 Å². The van der Waals surface area contributed by atoms with Gasteiger partial charge in [0.15, 0.2) is 0 Å². The van der Waals surface area contributed by atoms with Crippen molar-refractivity contribution in [2.45, 2.75) is 38.5 Å². The second-order valence-electron chi connectivity index (χ2n) is 6.94. The van der Waals surface area contributed by atoms with Crippen LogP contribution < -0.4 is 5.32 Å². The summed E-state index contributed by atoms with van der Waals surface area (Å²) in [6.45, 7) is 4.84. The maximum Gasteiger partial charge on any atom is 0.248 e. The van der Waals surface area contributed by atoms with E-state index >= 15 is 0 Å². The predicted octanol–water partition coefficient (Wildman–Crippen LogP) is 1.73. The number of ether oxygens (including phenoxy) is 1. The molecule has 7 nitrogen and oxygen atoms in total. The van der Waals surface area contributed by atoms with Gasteiger partial charge in [0.25, 0.3) is 0 Å². The molecule has 1 saturated heterocycles. The number of nitrogens with one attached hydrogen (secondary N) is 1. The molecule has 1 N–H and O–H groups in total. The Bertz CT molecular complexity index is 744. The minimum atomic E-state index is 0. The molecule has 8 heteroatoms. The Morgan fingerprint density at radius 2 is 1.93 bits per heavy atom. The Balaban J connectivity index is 0.00000210. The first-order valence-electron chi connectivity index (χ1n) is 9.33. The highest BCUT2D eigenvalue weighted by atomic mass is 35.5. The number of amides is 1. The van der Waals surface area contributed by atoms with E-state index in [1.54, 1.807) is 0 Å². The first-order valence-corrected chi connectivity index (χ1v) is 9.33. The summed E-state index contributed by atoms with van der Waals surface area (Å²) in [7, 11) is 0. The number of nitrogens with zero attached hydrogens (tertiary/aromatic N) is 4. The van der Waals surface area contributed by atoms with E-state index < -0.39 is 0 Å². The van der Waals surface area contributed by atoms with Crippen molar-refractivity contribution in [3.63, 3.8) is 0 Å². The highest BCUT2D eigenvalue weighted by Gasteiger charge is 2.28. The van der Waals surface area contributed by atoms with Crippen LogP contribution in [-0.2, 0) is 29.2 Å². The molecule has 2 aliphatic rings. The number of benzene rings is 1. The first-order chi connectivity index (χ1) is 12.8. The number of likely N-dealkylation sites (tertiary alicyclic amines) is 1. The van der Waals surface area contributed by atoms with Gasteiger partial charge in [0.2, 0.25) is 5.91 Å². The fourth-order valence-electron chi connectivity index (χ4n) is 3.73. The van der Waals surface area contributed by atoms with Crippen molar-refractivity contribution in [1.29, 1.82) is 0 Å². The molecule has 0 atom stereocenters. The van der Waals surface area contributed by atoms with Crippen LogP contribution in [0.2, 0.25) is 0 Å². The van der Waals surface area contributed by atoms with Crippen LogP contribution in [0, 0.1) is 0 Å². The van der Waals surface area contributed by atoms with Crippen molar-refractivity contribution >= 4 is 18.3 Å². The minimum absolute atomic E-state index is 0. The number of aromatic nitrogens is 3. The maximum absolute atomic E-state index is 12.4. The minimum Gasteiger partial charge on any atom is -0.367 e. The van der Waals surface area contributed by atoms with E-state index in [1.807, 2.05) is 35.2 Å². The van der Waals surface area contributed by atoms with Gasteiger partial charge in [0, 0.05) is 32.1 Å². The van der Waals surface area contributed by atoms with E-state index in [1.165, 1.54) is 0 Å². The van der Waals surface area contributed by atoms with Crippen molar-refractivity contribution in [2.75, 3.05) is 26.2 Å². The molecule has 1 aromatic carbocycles. The molecule has 0 bridgehead atoms. The number of carbonyl (C=O) groups is 1. The molecular formula is C19H26ClN5O2. The lowest BCUT2D eigenvalue weighted by Crippen LogP contribution is -2.40. The second kappa shape index (κ2) is 9.30. The molecule has 1 fully saturated rings. The van der Waals surface area contributed by atoms with Gasteiger partial charge in [-0.05, 0) is 18.4 Å². The van der Waals surface area contributed by atoms with E-state index in [4.69, 9.17) is 4.74 Å². The quantitative estimate of drug-likeness (QED) is 0.840. The van der Waals surface area contributed by atoms with Gasteiger partial charge in [-0.2, -0.15) is 0 Å². The van der Waals surface area contributed by atoms with Crippen molar-refractivity contribution in [1.82, 2.24) is 25.0 Å². The lowest BCUT2D eigenvalue weighted by molar-refractivity contribution is -0.137. The Hall–Kier alpha value is -1.96. The molecule has 4 rings (SSSR count). The van der Waals surface area contributed by atoms with E-state index in [2.05, 4.69) is 20.1 Å². The van der Waals surface area contributed by atoms with E-state index in [-0.39, 0.29) is 24.9 Å². The molecule has 2 aromatic rings. The molecule has 2 aliphatic heterocycles. The summed E-state index contributed by atoms with van der Waals surface area (Å²) >= 11 is 0. The molecule has 1 amide bonds. The third-order valence-electron chi connectivity index (χ3n) is 5.20. The summed E-state index contributed by atoms with van der Waals surface area (Å²) in [5.74, 6) is 2.59. The molecule has 0 radical (unpaired) electrons. The highest BCUT2D eigenvalue weighted by Crippen LogP contribution is 2.27. The van der Waals surface area contributed by atoms with Gasteiger partial charge < -0.3 is 19.5 Å². The third-order valence-corrected chi connectivity index (χ3v) is 5.20. The van der Waals surface area contributed by atoms with Gasteiger partial charge in [-0.15, -0.1) is 22.6 Å². The monoisotopic (exact) mass is 391 g/mol. The van der Waals surface area contributed by atoms with Gasteiger partial charge in [-0.1, -0.05) is 30.3 Å². The number of piperidine rings is 1. The van der Waals surface area contributed by atoms with Gasteiger partial charge in [0.05, 0.1) is 13.2 Å². The largest absolute Gasteiger partial charge is 0.367 e. The lowest BCUT2D eigenvalue weighted by Gasteiger charge is -2.32. The Labute approximate surface area is 165 Å². The molecule has 1 aromatic heterocycles. The second-order valence-corrected chi connectivity index (χ2v) is 6.94. The molecule has 0 saturated carbocycles. The average Bonchev–Trinajstić information content (AvgIpc) is 3.13. The normalized spacial score (nSPS) is 17.3. The summed E-state index contributed by atoms with van der Waals surface area (Å²) in [5, 5.41) is 12.0.